The van der Waals surface area contributed by atoms with Gasteiger partial charge in [-0.15, -0.1) is 0 Å². The first-order valence-electron chi connectivity index (χ1n) is 15.3. The molecule has 1 aromatic carbocycles. The van der Waals surface area contributed by atoms with Gasteiger partial charge in [-0.1, -0.05) is 18.0 Å². The van der Waals surface area contributed by atoms with Gasteiger partial charge >= 0.3 is 6.01 Å². The van der Waals surface area contributed by atoms with Crippen LogP contribution in [0.1, 0.15) is 37.7 Å². The van der Waals surface area contributed by atoms with E-state index in [9.17, 15) is 5.11 Å². The lowest BCUT2D eigenvalue weighted by Gasteiger charge is -2.39. The number of methoxy groups -OCH3 is 1. The molecule has 14 heteroatoms. The zero-order valence-electron chi connectivity index (χ0n) is 25.7. The number of pyridine rings is 1. The Morgan fingerprint density at radius 3 is 2.87 bits per heavy atom. The highest BCUT2D eigenvalue weighted by molar-refractivity contribution is 6.33. The highest BCUT2D eigenvalue weighted by Gasteiger charge is 2.45. The quantitative estimate of drug-likeness (QED) is 0.243. The number of benzene rings is 1. The van der Waals surface area contributed by atoms with Gasteiger partial charge in [0.25, 0.3) is 0 Å². The number of nitrogens with zero attached hydrogens (tertiary/aromatic N) is 5. The number of hydrogen-bond donors (Lipinski definition) is 4. The number of nitrogens with one attached hydrogen (secondary N) is 2. The van der Waals surface area contributed by atoms with Crippen LogP contribution in [0.4, 0.5) is 10.2 Å². The van der Waals surface area contributed by atoms with Gasteiger partial charge in [0.1, 0.15) is 22.4 Å². The van der Waals surface area contributed by atoms with Crippen LogP contribution in [-0.4, -0.2) is 101 Å². The molecule has 3 atom stereocenters. The van der Waals surface area contributed by atoms with Crippen LogP contribution in [-0.2, 0) is 4.74 Å². The Morgan fingerprint density at radius 1 is 1.22 bits per heavy atom. The van der Waals surface area contributed by atoms with Crippen molar-refractivity contribution in [2.45, 2.75) is 51.2 Å². The highest BCUT2D eigenvalue weighted by atomic mass is 35.5. The molecule has 0 amide bonds. The summed E-state index contributed by atoms with van der Waals surface area (Å²) in [5.41, 5.74) is 1.85. The molecular formula is C31H39ClFN7O5. The predicted octanol–water partition coefficient (Wildman–Crippen LogP) is 3.78. The SMILES string of the molecule is CO.COc1nc(-c2c(C)c(Cl)cc3[nH]ncc23)c(F)c2nc(OCC34CCCNC3CCC4)nc(N3CCOCC(O)C3)c12. The molecule has 242 valence electrons. The molecule has 1 aliphatic carbocycles. The normalized spacial score (nSPS) is 23.4. The molecule has 45 heavy (non-hydrogen) atoms. The lowest BCUT2D eigenvalue weighted by Crippen LogP contribution is -2.49. The fourth-order valence-corrected chi connectivity index (χ4v) is 7.29. The van der Waals surface area contributed by atoms with Gasteiger partial charge in [-0.05, 0) is 50.8 Å². The molecule has 7 rings (SSSR count). The number of rotatable bonds is 6. The Hall–Kier alpha value is -3.36. The van der Waals surface area contributed by atoms with E-state index in [1.54, 1.807) is 12.3 Å². The second kappa shape index (κ2) is 13.2. The molecule has 4 N–H and O–H groups in total. The minimum absolute atomic E-state index is 0.00615. The van der Waals surface area contributed by atoms with Gasteiger partial charge in [-0.3, -0.25) is 5.10 Å². The Bertz CT molecular complexity index is 1690. The molecule has 1 saturated carbocycles. The summed E-state index contributed by atoms with van der Waals surface area (Å²) in [5, 5.41) is 29.7. The second-order valence-corrected chi connectivity index (χ2v) is 12.3. The van der Waals surface area contributed by atoms with E-state index >= 15 is 4.39 Å². The third-order valence-corrected chi connectivity index (χ3v) is 9.66. The first-order valence-corrected chi connectivity index (χ1v) is 15.7. The van der Waals surface area contributed by atoms with E-state index < -0.39 is 11.9 Å². The van der Waals surface area contributed by atoms with Gasteiger partial charge in [0.15, 0.2) is 5.82 Å². The first-order chi connectivity index (χ1) is 21.9. The van der Waals surface area contributed by atoms with Crippen LogP contribution >= 0.6 is 11.6 Å². The van der Waals surface area contributed by atoms with Crippen molar-refractivity contribution in [1.29, 1.82) is 0 Å². The van der Waals surface area contributed by atoms with Crippen LogP contribution in [0.25, 0.3) is 33.1 Å². The van der Waals surface area contributed by atoms with Crippen molar-refractivity contribution in [2.24, 2.45) is 5.41 Å². The first kappa shape index (κ1) is 31.6. The van der Waals surface area contributed by atoms with E-state index in [1.807, 2.05) is 11.8 Å². The van der Waals surface area contributed by atoms with E-state index in [0.717, 1.165) is 45.8 Å². The van der Waals surface area contributed by atoms with Crippen LogP contribution < -0.4 is 19.7 Å². The van der Waals surface area contributed by atoms with E-state index in [4.69, 9.17) is 35.9 Å². The number of aromatic nitrogens is 5. The number of aliphatic hydroxyl groups is 2. The zero-order chi connectivity index (χ0) is 31.7. The molecule has 2 aliphatic heterocycles. The van der Waals surface area contributed by atoms with Crippen LogP contribution in [0.3, 0.4) is 0 Å². The zero-order valence-corrected chi connectivity index (χ0v) is 26.5. The van der Waals surface area contributed by atoms with Crippen molar-refractivity contribution in [3.63, 3.8) is 0 Å². The maximum atomic E-state index is 16.9. The van der Waals surface area contributed by atoms with Crippen molar-refractivity contribution in [3.8, 4) is 23.1 Å². The number of fused-ring (bicyclic) bond motifs is 3. The molecule has 3 fully saturated rings. The lowest BCUT2D eigenvalue weighted by molar-refractivity contribution is 0.0597. The van der Waals surface area contributed by atoms with Crippen LogP contribution in [0, 0.1) is 18.2 Å². The van der Waals surface area contributed by atoms with Gasteiger partial charge in [0, 0.05) is 47.6 Å². The molecular weight excluding hydrogens is 605 g/mol. The summed E-state index contributed by atoms with van der Waals surface area (Å²) >= 11 is 6.56. The van der Waals surface area contributed by atoms with Crippen molar-refractivity contribution in [1.82, 2.24) is 30.5 Å². The van der Waals surface area contributed by atoms with Crippen LogP contribution in [0.2, 0.25) is 5.02 Å². The average molecular weight is 644 g/mol. The summed E-state index contributed by atoms with van der Waals surface area (Å²) in [6, 6.07) is 2.21. The Kier molecular flexibility index (Phi) is 9.25. The van der Waals surface area contributed by atoms with Gasteiger partial charge in [-0.2, -0.15) is 15.1 Å². The Labute approximate surface area is 265 Å². The third kappa shape index (κ3) is 5.76. The molecule has 0 radical (unpaired) electrons. The highest BCUT2D eigenvalue weighted by Crippen LogP contribution is 2.45. The number of β-amino-alcohol motifs (C(OH)–C–C–N with tert-alkyl or cyclic N) is 1. The van der Waals surface area contributed by atoms with E-state index in [-0.39, 0.29) is 41.7 Å². The number of halogens is 2. The molecule has 4 aromatic rings. The number of aromatic amines is 1. The number of anilines is 1. The van der Waals surface area contributed by atoms with Gasteiger partial charge in [-0.25, -0.2) is 9.37 Å². The average Bonchev–Trinajstić information content (AvgIpc) is 3.64. The smallest absolute Gasteiger partial charge is 0.319 e. The molecule has 2 saturated heterocycles. The summed E-state index contributed by atoms with van der Waals surface area (Å²) in [5.74, 6) is -0.132. The van der Waals surface area contributed by atoms with Crippen LogP contribution in [0.5, 0.6) is 11.9 Å². The minimum Gasteiger partial charge on any atom is -0.480 e. The van der Waals surface area contributed by atoms with Crippen LogP contribution in [0.15, 0.2) is 12.3 Å². The molecule has 3 aromatic heterocycles. The molecule has 0 spiro atoms. The predicted molar refractivity (Wildman–Crippen MR) is 169 cm³/mol. The van der Waals surface area contributed by atoms with Gasteiger partial charge in [0.05, 0.1) is 44.7 Å². The molecule has 5 heterocycles. The number of hydrogen-bond acceptors (Lipinski definition) is 11. The summed E-state index contributed by atoms with van der Waals surface area (Å²) < 4.78 is 34.6. The standard InChI is InChI=1S/C30H35ClFN7O4.CH4O/c1-16-19(31)11-20-18(12-34-38-20)22(16)25-24(32)26-23(28(35-25)41-2)27(39-9-10-42-14-17(40)13-39)37-29(36-26)43-15-30-6-3-5-21(30)33-8-4-7-30;1-2/h11-12,17,21,33,40H,3-10,13-15H2,1-2H3,(H,34,38);2H,1H3. The molecule has 0 bridgehead atoms. The summed E-state index contributed by atoms with van der Waals surface area (Å²) in [6.45, 7) is 4.48. The number of H-pyrrole nitrogens is 1. The molecule has 3 aliphatic rings. The summed E-state index contributed by atoms with van der Waals surface area (Å²) in [7, 11) is 2.48. The summed E-state index contributed by atoms with van der Waals surface area (Å²) in [6.07, 6.45) is 6.32. The maximum absolute atomic E-state index is 16.9. The topological polar surface area (TPSA) is 151 Å². The summed E-state index contributed by atoms with van der Waals surface area (Å²) in [4.78, 5) is 16.0. The maximum Gasteiger partial charge on any atom is 0.319 e. The third-order valence-electron chi connectivity index (χ3n) is 9.27. The molecule has 3 unspecified atom stereocenters. The second-order valence-electron chi connectivity index (χ2n) is 11.9. The van der Waals surface area contributed by atoms with Gasteiger partial charge in [0.2, 0.25) is 5.88 Å². The minimum atomic E-state index is -0.755. The Morgan fingerprint density at radius 2 is 2.04 bits per heavy atom. The van der Waals surface area contributed by atoms with Crippen molar-refractivity contribution in [3.05, 3.63) is 28.7 Å². The van der Waals surface area contributed by atoms with E-state index in [1.165, 1.54) is 7.11 Å². The Balaban J connectivity index is 0.00000175. The van der Waals surface area contributed by atoms with Crippen molar-refractivity contribution < 1.29 is 28.8 Å². The molecule has 12 nitrogen and oxygen atoms in total. The van der Waals surface area contributed by atoms with Gasteiger partial charge < -0.3 is 34.6 Å². The fourth-order valence-electron chi connectivity index (χ4n) is 7.09. The van der Waals surface area contributed by atoms with E-state index in [0.29, 0.717) is 64.1 Å². The monoisotopic (exact) mass is 643 g/mol. The van der Waals surface area contributed by atoms with E-state index in [2.05, 4.69) is 25.5 Å². The lowest BCUT2D eigenvalue weighted by atomic mass is 9.76. The number of aliphatic hydroxyl groups excluding tert-OH is 2. The fraction of sp³-hybridized carbons (Fsp3) is 0.548. The van der Waals surface area contributed by atoms with Crippen molar-refractivity contribution >= 4 is 39.2 Å². The number of ether oxygens (including phenoxy) is 3. The number of piperidine rings is 1. The largest absolute Gasteiger partial charge is 0.480 e. The van der Waals surface area contributed by atoms with Crippen molar-refractivity contribution in [2.75, 3.05) is 58.6 Å².